The fourth-order valence-corrected chi connectivity index (χ4v) is 3.61. The van der Waals surface area contributed by atoms with Crippen molar-refractivity contribution in [2.75, 3.05) is 23.7 Å². The van der Waals surface area contributed by atoms with Crippen LogP contribution in [0.4, 0.5) is 11.4 Å². The maximum absolute atomic E-state index is 12.5. The molecular weight excluding hydrogens is 346 g/mol. The van der Waals surface area contributed by atoms with E-state index in [1.165, 1.54) is 16.7 Å². The highest BCUT2D eigenvalue weighted by atomic mass is 35.5. The van der Waals surface area contributed by atoms with Gasteiger partial charge >= 0.3 is 0 Å². The van der Waals surface area contributed by atoms with Gasteiger partial charge in [-0.1, -0.05) is 30.3 Å². The van der Waals surface area contributed by atoms with Crippen LogP contribution in [0.3, 0.4) is 0 Å². The molecule has 0 aromatic heterocycles. The summed E-state index contributed by atoms with van der Waals surface area (Å²) in [6.07, 6.45) is 2.87. The van der Waals surface area contributed by atoms with E-state index in [4.69, 9.17) is 5.73 Å². The molecule has 0 saturated heterocycles. The number of halogens is 1. The van der Waals surface area contributed by atoms with Crippen LogP contribution >= 0.6 is 12.4 Å². The number of fused-ring (bicyclic) bond motifs is 1. The third-order valence-corrected chi connectivity index (χ3v) is 4.91. The van der Waals surface area contributed by atoms with Crippen LogP contribution in [-0.2, 0) is 17.6 Å². The Hall–Kier alpha value is -2.20. The second-order valence-corrected chi connectivity index (χ2v) is 6.97. The average Bonchev–Trinajstić information content (AvgIpc) is 2.58. The van der Waals surface area contributed by atoms with Gasteiger partial charge in [-0.05, 0) is 61.9 Å². The van der Waals surface area contributed by atoms with Gasteiger partial charge < -0.3 is 16.0 Å². The summed E-state index contributed by atoms with van der Waals surface area (Å²) in [4.78, 5) is 14.7. The first-order valence-corrected chi connectivity index (χ1v) is 9.01. The normalized spacial score (nSPS) is 14.2. The Balaban J connectivity index is 0.00000243. The van der Waals surface area contributed by atoms with Crippen molar-refractivity contribution >= 4 is 29.7 Å². The quantitative estimate of drug-likeness (QED) is 0.788. The SMILES string of the molecule is Cc1ccccc1CC(C)NC(=O)CN1CCCc2c(N)cccc21.Cl. The molecule has 1 aliphatic rings. The number of benzene rings is 2. The molecule has 0 fully saturated rings. The van der Waals surface area contributed by atoms with E-state index >= 15 is 0 Å². The number of aryl methyl sites for hydroxylation is 1. The maximum atomic E-state index is 12.5. The lowest BCUT2D eigenvalue weighted by atomic mass is 10.00. The summed E-state index contributed by atoms with van der Waals surface area (Å²) in [5.74, 6) is 0.0661. The largest absolute Gasteiger partial charge is 0.398 e. The molecule has 1 unspecified atom stereocenters. The van der Waals surface area contributed by atoms with Gasteiger partial charge in [-0.15, -0.1) is 12.4 Å². The van der Waals surface area contributed by atoms with Crippen molar-refractivity contribution in [3.8, 4) is 0 Å². The van der Waals surface area contributed by atoms with Crippen molar-refractivity contribution in [2.24, 2.45) is 0 Å². The number of anilines is 2. The van der Waals surface area contributed by atoms with E-state index in [0.29, 0.717) is 6.54 Å². The third kappa shape index (κ3) is 4.70. The zero-order chi connectivity index (χ0) is 17.8. The molecule has 2 aromatic rings. The molecule has 0 bridgehead atoms. The van der Waals surface area contributed by atoms with E-state index in [-0.39, 0.29) is 24.4 Å². The molecule has 1 amide bonds. The minimum atomic E-state index is 0. The molecule has 4 nitrogen and oxygen atoms in total. The lowest BCUT2D eigenvalue weighted by molar-refractivity contribution is -0.120. The Labute approximate surface area is 162 Å². The van der Waals surface area contributed by atoms with E-state index in [0.717, 1.165) is 37.2 Å². The van der Waals surface area contributed by atoms with Crippen molar-refractivity contribution in [3.05, 3.63) is 59.2 Å². The van der Waals surface area contributed by atoms with Crippen LogP contribution in [0.5, 0.6) is 0 Å². The first-order chi connectivity index (χ1) is 12.0. The van der Waals surface area contributed by atoms with Crippen molar-refractivity contribution in [1.29, 1.82) is 0 Å². The maximum Gasteiger partial charge on any atom is 0.239 e. The summed E-state index contributed by atoms with van der Waals surface area (Å²) < 4.78 is 0. The Morgan fingerprint density at radius 3 is 2.77 bits per heavy atom. The molecule has 0 saturated carbocycles. The number of nitrogens with one attached hydrogen (secondary N) is 1. The standard InChI is InChI=1S/C21H27N3O.ClH/c1-15-7-3-4-8-17(15)13-16(2)23-21(25)14-24-12-6-9-18-19(22)10-5-11-20(18)24;/h3-5,7-8,10-11,16H,6,9,12-14,22H2,1-2H3,(H,23,25);1H. The van der Waals surface area contributed by atoms with Crippen molar-refractivity contribution in [3.63, 3.8) is 0 Å². The van der Waals surface area contributed by atoms with Crippen molar-refractivity contribution < 1.29 is 4.79 Å². The van der Waals surface area contributed by atoms with Gasteiger partial charge in [0.05, 0.1) is 6.54 Å². The van der Waals surface area contributed by atoms with Gasteiger partial charge in [0.15, 0.2) is 0 Å². The van der Waals surface area contributed by atoms with Gasteiger partial charge in [-0.3, -0.25) is 4.79 Å². The van der Waals surface area contributed by atoms with Crippen LogP contribution in [-0.4, -0.2) is 25.0 Å². The highest BCUT2D eigenvalue weighted by Gasteiger charge is 2.21. The lowest BCUT2D eigenvalue weighted by Crippen LogP contribution is -2.43. The fraction of sp³-hybridized carbons (Fsp3) is 0.381. The summed E-state index contributed by atoms with van der Waals surface area (Å²) >= 11 is 0. The minimum absolute atomic E-state index is 0. The second kappa shape index (κ2) is 8.95. The Morgan fingerprint density at radius 1 is 1.23 bits per heavy atom. The first kappa shape index (κ1) is 20.1. The molecule has 5 heteroatoms. The number of nitrogen functional groups attached to an aromatic ring is 1. The zero-order valence-electron chi connectivity index (χ0n) is 15.5. The Kier molecular flexibility index (Phi) is 6.92. The Bertz CT molecular complexity index is 763. The molecular formula is C21H28ClN3O. The van der Waals surface area contributed by atoms with Crippen LogP contribution < -0.4 is 16.0 Å². The molecule has 3 rings (SSSR count). The molecule has 2 aromatic carbocycles. The summed E-state index contributed by atoms with van der Waals surface area (Å²) in [5.41, 5.74) is 11.7. The predicted octanol–water partition coefficient (Wildman–Crippen LogP) is 3.50. The molecule has 0 spiro atoms. The van der Waals surface area contributed by atoms with E-state index in [1.807, 2.05) is 24.3 Å². The van der Waals surface area contributed by atoms with Crippen molar-refractivity contribution in [1.82, 2.24) is 5.32 Å². The topological polar surface area (TPSA) is 58.4 Å². The molecule has 0 radical (unpaired) electrons. The number of amides is 1. The molecule has 1 atom stereocenters. The lowest BCUT2D eigenvalue weighted by Gasteiger charge is -2.31. The molecule has 3 N–H and O–H groups in total. The van der Waals surface area contributed by atoms with Crippen LogP contribution in [0.2, 0.25) is 0 Å². The van der Waals surface area contributed by atoms with Gasteiger partial charge in [-0.25, -0.2) is 0 Å². The highest BCUT2D eigenvalue weighted by molar-refractivity contribution is 5.85. The fourth-order valence-electron chi connectivity index (χ4n) is 3.61. The van der Waals surface area contributed by atoms with E-state index < -0.39 is 0 Å². The molecule has 1 aliphatic heterocycles. The van der Waals surface area contributed by atoms with Crippen LogP contribution in [0.25, 0.3) is 0 Å². The molecule has 0 aliphatic carbocycles. The number of hydrogen-bond acceptors (Lipinski definition) is 3. The van der Waals surface area contributed by atoms with E-state index in [9.17, 15) is 4.79 Å². The number of nitrogens with two attached hydrogens (primary N) is 1. The summed E-state index contributed by atoms with van der Waals surface area (Å²) in [7, 11) is 0. The number of hydrogen-bond donors (Lipinski definition) is 2. The minimum Gasteiger partial charge on any atom is -0.398 e. The first-order valence-electron chi connectivity index (χ1n) is 9.01. The van der Waals surface area contributed by atoms with Gasteiger partial charge in [0.1, 0.15) is 0 Å². The average molecular weight is 374 g/mol. The summed E-state index contributed by atoms with van der Waals surface area (Å²) in [5, 5.41) is 3.14. The van der Waals surface area contributed by atoms with E-state index in [1.54, 1.807) is 0 Å². The van der Waals surface area contributed by atoms with Crippen LogP contribution in [0, 0.1) is 6.92 Å². The zero-order valence-corrected chi connectivity index (χ0v) is 16.3. The number of carbonyl (C=O) groups excluding carboxylic acids is 1. The smallest absolute Gasteiger partial charge is 0.239 e. The monoisotopic (exact) mass is 373 g/mol. The highest BCUT2D eigenvalue weighted by Crippen LogP contribution is 2.30. The van der Waals surface area contributed by atoms with Gasteiger partial charge in [-0.2, -0.15) is 0 Å². The van der Waals surface area contributed by atoms with Crippen molar-refractivity contribution in [2.45, 2.75) is 39.2 Å². The van der Waals surface area contributed by atoms with Gasteiger partial charge in [0.25, 0.3) is 0 Å². The second-order valence-electron chi connectivity index (χ2n) is 6.97. The van der Waals surface area contributed by atoms with Gasteiger partial charge in [0.2, 0.25) is 5.91 Å². The van der Waals surface area contributed by atoms with E-state index in [2.05, 4.69) is 42.3 Å². The Morgan fingerprint density at radius 2 is 2.00 bits per heavy atom. The summed E-state index contributed by atoms with van der Waals surface area (Å²) in [6.45, 7) is 5.45. The molecule has 140 valence electrons. The third-order valence-electron chi connectivity index (χ3n) is 4.91. The number of nitrogens with zero attached hydrogens (tertiary/aromatic N) is 1. The van der Waals surface area contributed by atoms with Crippen LogP contribution in [0.1, 0.15) is 30.0 Å². The molecule has 26 heavy (non-hydrogen) atoms. The molecule has 1 heterocycles. The number of rotatable bonds is 5. The predicted molar refractivity (Wildman–Crippen MR) is 111 cm³/mol. The number of carbonyl (C=O) groups is 1. The van der Waals surface area contributed by atoms with Crippen LogP contribution in [0.15, 0.2) is 42.5 Å². The summed E-state index contributed by atoms with van der Waals surface area (Å²) in [6, 6.07) is 14.4. The van der Waals surface area contributed by atoms with Gasteiger partial charge in [0, 0.05) is 24.0 Å².